The summed E-state index contributed by atoms with van der Waals surface area (Å²) in [4.78, 5) is 11.4. The molecule has 0 unspecified atom stereocenters. The molecule has 0 fully saturated rings. The van der Waals surface area contributed by atoms with E-state index in [9.17, 15) is 4.79 Å². The van der Waals surface area contributed by atoms with Gasteiger partial charge in [-0.25, -0.2) is 0 Å². The van der Waals surface area contributed by atoms with Crippen LogP contribution in [-0.2, 0) is 0 Å². The molecule has 0 N–H and O–H groups in total. The van der Waals surface area contributed by atoms with Crippen LogP contribution in [0.25, 0.3) is 0 Å². The van der Waals surface area contributed by atoms with E-state index in [1.54, 1.807) is 6.07 Å². The van der Waals surface area contributed by atoms with Crippen LogP contribution >= 0.6 is 11.6 Å². The molecule has 2 rings (SSSR count). The zero-order chi connectivity index (χ0) is 9.42. The molecular formula is C10H9ClO2. The van der Waals surface area contributed by atoms with Crippen LogP contribution in [0.15, 0.2) is 12.1 Å². The second-order valence-electron chi connectivity index (χ2n) is 3.09. The largest absolute Gasteiger partial charge is 0.491 e. The second kappa shape index (κ2) is 3.04. The van der Waals surface area contributed by atoms with Gasteiger partial charge in [-0.05, 0) is 18.6 Å². The average molecular weight is 197 g/mol. The molecule has 0 amide bonds. The number of carbonyl (C=O) groups excluding carboxylic acids is 1. The van der Waals surface area contributed by atoms with Gasteiger partial charge in [-0.3, -0.25) is 4.79 Å². The Morgan fingerprint density at radius 1 is 1.46 bits per heavy atom. The Morgan fingerprint density at radius 2 is 2.23 bits per heavy atom. The lowest BCUT2D eigenvalue weighted by Crippen LogP contribution is -2.15. The molecule has 1 aliphatic heterocycles. The number of ether oxygens (including phenoxy) is 1. The fraction of sp³-hybridized carbons (Fsp3) is 0.300. The van der Waals surface area contributed by atoms with E-state index in [4.69, 9.17) is 16.3 Å². The lowest BCUT2D eigenvalue weighted by atomic mass is 10.0. The minimum atomic E-state index is 0.114. The minimum absolute atomic E-state index is 0.114. The van der Waals surface area contributed by atoms with E-state index >= 15 is 0 Å². The summed E-state index contributed by atoms with van der Waals surface area (Å²) in [6.45, 7) is 2.33. The Bertz CT molecular complexity index is 371. The van der Waals surface area contributed by atoms with Gasteiger partial charge in [0.05, 0.1) is 17.2 Å². The van der Waals surface area contributed by atoms with Crippen LogP contribution in [0.1, 0.15) is 22.3 Å². The molecule has 0 spiro atoms. The van der Waals surface area contributed by atoms with E-state index in [-0.39, 0.29) is 5.78 Å². The van der Waals surface area contributed by atoms with Crippen LogP contribution in [-0.4, -0.2) is 12.4 Å². The van der Waals surface area contributed by atoms with Crippen molar-refractivity contribution in [2.24, 2.45) is 0 Å². The summed E-state index contributed by atoms with van der Waals surface area (Å²) in [7, 11) is 0. The third-order valence-electron chi connectivity index (χ3n) is 2.17. The smallest absolute Gasteiger partial charge is 0.170 e. The van der Waals surface area contributed by atoms with Gasteiger partial charge in [0.15, 0.2) is 5.78 Å². The van der Waals surface area contributed by atoms with Crippen LogP contribution in [0, 0.1) is 6.92 Å². The molecule has 1 aliphatic rings. The molecule has 1 heterocycles. The summed E-state index contributed by atoms with van der Waals surface area (Å²) < 4.78 is 5.35. The molecular weight excluding hydrogens is 188 g/mol. The number of ketones is 1. The van der Waals surface area contributed by atoms with Crippen LogP contribution in [0.5, 0.6) is 5.75 Å². The standard InChI is InChI=1S/C10H9ClO2/c1-6-2-3-7-8(12)4-5-13-10(7)9(6)11/h2-3H,4-5H2,1H3. The fourth-order valence-electron chi connectivity index (χ4n) is 1.40. The first-order chi connectivity index (χ1) is 6.20. The molecule has 68 valence electrons. The second-order valence-corrected chi connectivity index (χ2v) is 3.47. The van der Waals surface area contributed by atoms with Gasteiger partial charge >= 0.3 is 0 Å². The molecule has 0 aliphatic carbocycles. The van der Waals surface area contributed by atoms with Crippen molar-refractivity contribution >= 4 is 17.4 Å². The van der Waals surface area contributed by atoms with Crippen molar-refractivity contribution in [3.63, 3.8) is 0 Å². The molecule has 0 radical (unpaired) electrons. The molecule has 0 aromatic heterocycles. The number of benzene rings is 1. The number of rotatable bonds is 0. The Kier molecular flexibility index (Phi) is 2.00. The fourth-order valence-corrected chi connectivity index (χ4v) is 1.61. The number of fused-ring (bicyclic) bond motifs is 1. The van der Waals surface area contributed by atoms with Crippen molar-refractivity contribution < 1.29 is 9.53 Å². The van der Waals surface area contributed by atoms with Crippen molar-refractivity contribution in [2.75, 3.05) is 6.61 Å². The number of hydrogen-bond donors (Lipinski definition) is 0. The maximum atomic E-state index is 11.4. The Hall–Kier alpha value is -1.02. The zero-order valence-electron chi connectivity index (χ0n) is 7.26. The summed E-state index contributed by atoms with van der Waals surface area (Å²) in [5.41, 5.74) is 1.55. The lowest BCUT2D eigenvalue weighted by molar-refractivity contribution is 0.0933. The molecule has 0 bridgehead atoms. The number of aryl methyl sites for hydroxylation is 1. The summed E-state index contributed by atoms with van der Waals surface area (Å²) >= 11 is 6.00. The Morgan fingerprint density at radius 3 is 3.00 bits per heavy atom. The molecule has 1 aromatic carbocycles. The van der Waals surface area contributed by atoms with Crippen LogP contribution in [0.2, 0.25) is 5.02 Å². The van der Waals surface area contributed by atoms with E-state index in [0.717, 1.165) is 5.56 Å². The predicted molar refractivity (Wildman–Crippen MR) is 50.6 cm³/mol. The average Bonchev–Trinajstić information content (AvgIpc) is 2.12. The van der Waals surface area contributed by atoms with Gasteiger partial charge in [-0.15, -0.1) is 0 Å². The number of carbonyl (C=O) groups is 1. The maximum absolute atomic E-state index is 11.4. The summed E-state index contributed by atoms with van der Waals surface area (Å²) in [6, 6.07) is 3.62. The van der Waals surface area contributed by atoms with Crippen LogP contribution < -0.4 is 4.74 Å². The molecule has 1 aromatic rings. The van der Waals surface area contributed by atoms with E-state index in [0.29, 0.717) is 29.4 Å². The molecule has 0 atom stereocenters. The van der Waals surface area contributed by atoms with Gasteiger partial charge in [0.25, 0.3) is 0 Å². The first-order valence-electron chi connectivity index (χ1n) is 4.15. The van der Waals surface area contributed by atoms with E-state index in [1.165, 1.54) is 0 Å². The van der Waals surface area contributed by atoms with Crippen LogP contribution in [0.4, 0.5) is 0 Å². The van der Waals surface area contributed by atoms with Crippen molar-refractivity contribution in [1.82, 2.24) is 0 Å². The predicted octanol–water partition coefficient (Wildman–Crippen LogP) is 2.61. The van der Waals surface area contributed by atoms with Gasteiger partial charge in [-0.1, -0.05) is 17.7 Å². The van der Waals surface area contributed by atoms with Crippen molar-refractivity contribution in [3.05, 3.63) is 28.3 Å². The number of Topliss-reactive ketones (excluding diaryl/α,β-unsaturated/α-hetero) is 1. The van der Waals surface area contributed by atoms with Gasteiger partial charge in [-0.2, -0.15) is 0 Å². The number of halogens is 1. The Labute approximate surface area is 81.5 Å². The highest BCUT2D eigenvalue weighted by molar-refractivity contribution is 6.33. The van der Waals surface area contributed by atoms with E-state index in [2.05, 4.69) is 0 Å². The maximum Gasteiger partial charge on any atom is 0.170 e. The summed E-state index contributed by atoms with van der Waals surface area (Å²) in [6.07, 6.45) is 0.451. The molecule has 0 saturated heterocycles. The van der Waals surface area contributed by atoms with Crippen molar-refractivity contribution in [2.45, 2.75) is 13.3 Å². The van der Waals surface area contributed by atoms with Crippen molar-refractivity contribution in [3.8, 4) is 5.75 Å². The monoisotopic (exact) mass is 196 g/mol. The third-order valence-corrected chi connectivity index (χ3v) is 2.64. The topological polar surface area (TPSA) is 26.3 Å². The van der Waals surface area contributed by atoms with Gasteiger partial charge in [0.1, 0.15) is 5.75 Å². The highest BCUT2D eigenvalue weighted by Crippen LogP contribution is 2.34. The SMILES string of the molecule is Cc1ccc2c(c1Cl)OCCC2=O. The van der Waals surface area contributed by atoms with Crippen LogP contribution in [0.3, 0.4) is 0 Å². The van der Waals surface area contributed by atoms with Crippen molar-refractivity contribution in [1.29, 1.82) is 0 Å². The zero-order valence-corrected chi connectivity index (χ0v) is 8.02. The highest BCUT2D eigenvalue weighted by atomic mass is 35.5. The summed E-state index contributed by atoms with van der Waals surface area (Å²) in [5, 5.41) is 0.561. The van der Waals surface area contributed by atoms with Gasteiger partial charge in [0.2, 0.25) is 0 Å². The normalized spacial score (nSPS) is 15.1. The van der Waals surface area contributed by atoms with E-state index in [1.807, 2.05) is 13.0 Å². The molecule has 0 saturated carbocycles. The minimum Gasteiger partial charge on any atom is -0.491 e. The van der Waals surface area contributed by atoms with Gasteiger partial charge < -0.3 is 4.74 Å². The first-order valence-corrected chi connectivity index (χ1v) is 4.53. The highest BCUT2D eigenvalue weighted by Gasteiger charge is 2.21. The first kappa shape index (κ1) is 8.57. The third kappa shape index (κ3) is 1.31. The Balaban J connectivity index is 2.63. The quantitative estimate of drug-likeness (QED) is 0.638. The molecule has 3 heteroatoms. The summed E-state index contributed by atoms with van der Waals surface area (Å²) in [5.74, 6) is 0.668. The van der Waals surface area contributed by atoms with Gasteiger partial charge in [0, 0.05) is 6.42 Å². The number of hydrogen-bond acceptors (Lipinski definition) is 2. The van der Waals surface area contributed by atoms with E-state index < -0.39 is 0 Å². The molecule has 2 nitrogen and oxygen atoms in total. The lowest BCUT2D eigenvalue weighted by Gasteiger charge is -2.18. The molecule has 13 heavy (non-hydrogen) atoms.